The molecule has 1 atom stereocenters. The Hall–Kier alpha value is -3.30. The SMILES string of the molecule is COc1ccc(N2CCN([C@H](c3ccc(F)cc3)c3nnnn3Cc3cccs3)CC2)cc1. The van der Waals surface area contributed by atoms with Gasteiger partial charge in [0, 0.05) is 36.7 Å². The number of benzene rings is 2. The van der Waals surface area contributed by atoms with Crippen molar-refractivity contribution >= 4 is 17.0 Å². The summed E-state index contributed by atoms with van der Waals surface area (Å²) in [4.78, 5) is 5.93. The largest absolute Gasteiger partial charge is 0.497 e. The highest BCUT2D eigenvalue weighted by Gasteiger charge is 2.31. The fourth-order valence-corrected chi connectivity index (χ4v) is 4.96. The summed E-state index contributed by atoms with van der Waals surface area (Å²) in [5, 5.41) is 14.7. The fraction of sp³-hybridized carbons (Fsp3) is 0.292. The number of tetrazole rings is 1. The zero-order valence-electron chi connectivity index (χ0n) is 18.3. The summed E-state index contributed by atoms with van der Waals surface area (Å²) in [7, 11) is 1.68. The maximum atomic E-state index is 13.7. The van der Waals surface area contributed by atoms with Crippen molar-refractivity contribution in [1.29, 1.82) is 0 Å². The number of piperazine rings is 1. The first kappa shape index (κ1) is 21.5. The Labute approximate surface area is 196 Å². The number of methoxy groups -OCH3 is 1. The van der Waals surface area contributed by atoms with Crippen LogP contribution in [0.4, 0.5) is 10.1 Å². The van der Waals surface area contributed by atoms with Crippen molar-refractivity contribution in [2.24, 2.45) is 0 Å². The molecule has 9 heteroatoms. The molecule has 0 bridgehead atoms. The van der Waals surface area contributed by atoms with Crippen molar-refractivity contribution in [1.82, 2.24) is 25.1 Å². The molecule has 3 heterocycles. The van der Waals surface area contributed by atoms with Crippen molar-refractivity contribution in [3.8, 4) is 5.75 Å². The van der Waals surface area contributed by atoms with Crippen molar-refractivity contribution in [3.05, 3.63) is 88.1 Å². The van der Waals surface area contributed by atoms with Gasteiger partial charge in [-0.3, -0.25) is 4.90 Å². The lowest BCUT2D eigenvalue weighted by Gasteiger charge is -2.40. The highest BCUT2D eigenvalue weighted by Crippen LogP contribution is 2.30. The van der Waals surface area contributed by atoms with E-state index in [4.69, 9.17) is 4.74 Å². The molecule has 1 aliphatic rings. The molecule has 1 fully saturated rings. The molecule has 0 radical (unpaired) electrons. The number of ether oxygens (including phenoxy) is 1. The van der Waals surface area contributed by atoms with Crippen molar-refractivity contribution in [3.63, 3.8) is 0 Å². The van der Waals surface area contributed by atoms with Crippen LogP contribution in [0.2, 0.25) is 0 Å². The smallest absolute Gasteiger partial charge is 0.173 e. The number of hydrogen-bond donors (Lipinski definition) is 0. The molecule has 1 saturated heterocycles. The number of thiophene rings is 1. The lowest BCUT2D eigenvalue weighted by Crippen LogP contribution is -2.48. The molecular weight excluding hydrogens is 439 g/mol. The standard InChI is InChI=1S/C24H25FN6OS/c1-32-21-10-8-20(9-11-21)29-12-14-30(15-13-29)23(18-4-6-19(25)7-5-18)24-26-27-28-31(24)17-22-3-2-16-33-22/h2-11,16,23H,12-15,17H2,1H3/t23-/m1/s1. The molecule has 0 saturated carbocycles. The van der Waals surface area contributed by atoms with E-state index in [1.807, 2.05) is 35.0 Å². The molecule has 0 spiro atoms. The highest BCUT2D eigenvalue weighted by atomic mass is 32.1. The Bertz CT molecular complexity index is 1150. The summed E-state index contributed by atoms with van der Waals surface area (Å²) in [6, 6.07) is 18.8. The maximum Gasteiger partial charge on any atom is 0.173 e. The van der Waals surface area contributed by atoms with Gasteiger partial charge in [-0.1, -0.05) is 18.2 Å². The molecule has 2 aromatic carbocycles. The van der Waals surface area contributed by atoms with Gasteiger partial charge < -0.3 is 9.64 Å². The third kappa shape index (κ3) is 4.74. The molecule has 170 valence electrons. The summed E-state index contributed by atoms with van der Waals surface area (Å²) in [5.41, 5.74) is 2.16. The van der Waals surface area contributed by atoms with Crippen LogP contribution in [0.3, 0.4) is 0 Å². The van der Waals surface area contributed by atoms with Crippen LogP contribution in [0.1, 0.15) is 22.3 Å². The van der Waals surface area contributed by atoms with Crippen molar-refractivity contribution in [2.75, 3.05) is 38.2 Å². The Morgan fingerprint density at radius 1 is 1.00 bits per heavy atom. The van der Waals surface area contributed by atoms with Gasteiger partial charge in [-0.05, 0) is 63.8 Å². The van der Waals surface area contributed by atoms with Gasteiger partial charge in [0.1, 0.15) is 11.6 Å². The maximum absolute atomic E-state index is 13.7. The second-order valence-corrected chi connectivity index (χ2v) is 8.98. The average Bonchev–Trinajstić information content (AvgIpc) is 3.54. The lowest BCUT2D eigenvalue weighted by molar-refractivity contribution is 0.201. The van der Waals surface area contributed by atoms with E-state index >= 15 is 0 Å². The van der Waals surface area contributed by atoms with Crippen LogP contribution in [0.5, 0.6) is 5.75 Å². The van der Waals surface area contributed by atoms with E-state index in [-0.39, 0.29) is 11.9 Å². The van der Waals surface area contributed by atoms with Gasteiger partial charge in [-0.15, -0.1) is 16.4 Å². The molecule has 33 heavy (non-hydrogen) atoms. The summed E-state index contributed by atoms with van der Waals surface area (Å²) in [5.74, 6) is 1.37. The Balaban J connectivity index is 1.39. The number of rotatable bonds is 7. The first-order valence-electron chi connectivity index (χ1n) is 10.9. The summed E-state index contributed by atoms with van der Waals surface area (Å²) in [6.45, 7) is 4.02. The minimum absolute atomic E-state index is 0.154. The molecule has 0 aliphatic carbocycles. The molecule has 0 unspecified atom stereocenters. The Morgan fingerprint density at radius 3 is 2.42 bits per heavy atom. The Kier molecular flexibility index (Phi) is 6.32. The third-order valence-electron chi connectivity index (χ3n) is 5.99. The molecule has 7 nitrogen and oxygen atoms in total. The number of aromatic nitrogens is 4. The van der Waals surface area contributed by atoms with Gasteiger partial charge in [0.05, 0.1) is 19.7 Å². The van der Waals surface area contributed by atoms with Crippen LogP contribution in [0.15, 0.2) is 66.0 Å². The molecule has 2 aromatic heterocycles. The average molecular weight is 465 g/mol. The molecule has 0 N–H and O–H groups in total. The predicted octanol–water partition coefficient (Wildman–Crippen LogP) is 3.84. The minimum Gasteiger partial charge on any atom is -0.497 e. The first-order chi connectivity index (χ1) is 16.2. The fourth-order valence-electron chi connectivity index (χ4n) is 4.27. The predicted molar refractivity (Wildman–Crippen MR) is 126 cm³/mol. The van der Waals surface area contributed by atoms with Gasteiger partial charge in [0.15, 0.2) is 5.82 Å². The van der Waals surface area contributed by atoms with E-state index in [0.29, 0.717) is 6.54 Å². The van der Waals surface area contributed by atoms with E-state index in [9.17, 15) is 4.39 Å². The van der Waals surface area contributed by atoms with Crippen molar-refractivity contribution < 1.29 is 9.13 Å². The number of halogens is 1. The van der Waals surface area contributed by atoms with Gasteiger partial charge in [0.2, 0.25) is 0 Å². The lowest BCUT2D eigenvalue weighted by atomic mass is 10.0. The van der Waals surface area contributed by atoms with Gasteiger partial charge in [0.25, 0.3) is 0 Å². The number of anilines is 1. The summed E-state index contributed by atoms with van der Waals surface area (Å²) in [6.07, 6.45) is 0. The first-order valence-corrected chi connectivity index (χ1v) is 11.8. The minimum atomic E-state index is -0.250. The number of hydrogen-bond acceptors (Lipinski definition) is 7. The van der Waals surface area contributed by atoms with E-state index in [1.165, 1.54) is 22.7 Å². The second-order valence-electron chi connectivity index (χ2n) is 7.95. The molecule has 5 rings (SSSR count). The van der Waals surface area contributed by atoms with Gasteiger partial charge in [-0.25, -0.2) is 9.07 Å². The van der Waals surface area contributed by atoms with Crippen molar-refractivity contribution in [2.45, 2.75) is 12.6 Å². The quantitative estimate of drug-likeness (QED) is 0.414. The van der Waals surface area contributed by atoms with E-state index in [2.05, 4.69) is 48.9 Å². The van der Waals surface area contributed by atoms with Crippen LogP contribution in [0.25, 0.3) is 0 Å². The van der Waals surface area contributed by atoms with Crippen LogP contribution >= 0.6 is 11.3 Å². The van der Waals surface area contributed by atoms with E-state index in [0.717, 1.165) is 43.3 Å². The topological polar surface area (TPSA) is 59.3 Å². The van der Waals surface area contributed by atoms with E-state index in [1.54, 1.807) is 18.4 Å². The normalized spacial score (nSPS) is 15.5. The summed E-state index contributed by atoms with van der Waals surface area (Å²) < 4.78 is 20.8. The molecule has 4 aromatic rings. The molecule has 1 aliphatic heterocycles. The van der Waals surface area contributed by atoms with Crippen LogP contribution < -0.4 is 9.64 Å². The summed E-state index contributed by atoms with van der Waals surface area (Å²) >= 11 is 1.68. The molecular formula is C24H25FN6OS. The second kappa shape index (κ2) is 9.68. The van der Waals surface area contributed by atoms with Crippen LogP contribution in [0, 0.1) is 5.82 Å². The highest BCUT2D eigenvalue weighted by molar-refractivity contribution is 7.09. The van der Waals surface area contributed by atoms with E-state index < -0.39 is 0 Å². The Morgan fingerprint density at radius 2 is 1.76 bits per heavy atom. The zero-order valence-corrected chi connectivity index (χ0v) is 19.2. The van der Waals surface area contributed by atoms with Gasteiger partial charge >= 0.3 is 0 Å². The molecule has 0 amide bonds. The van der Waals surface area contributed by atoms with Gasteiger partial charge in [-0.2, -0.15) is 0 Å². The van der Waals surface area contributed by atoms with Crippen LogP contribution in [-0.2, 0) is 6.54 Å². The van der Waals surface area contributed by atoms with Crippen LogP contribution in [-0.4, -0.2) is 58.4 Å². The zero-order chi connectivity index (χ0) is 22.6. The number of nitrogens with zero attached hydrogens (tertiary/aromatic N) is 6. The third-order valence-corrected chi connectivity index (χ3v) is 6.85. The monoisotopic (exact) mass is 464 g/mol.